The van der Waals surface area contributed by atoms with E-state index in [9.17, 15) is 31.5 Å². The number of urea groups is 1. The second-order valence-corrected chi connectivity index (χ2v) is 8.28. The molecule has 1 aliphatic heterocycles. The van der Waals surface area contributed by atoms with Crippen molar-refractivity contribution in [2.45, 2.75) is 19.1 Å². The zero-order valence-corrected chi connectivity index (χ0v) is 19.7. The highest BCUT2D eigenvalue weighted by molar-refractivity contribution is 5.93. The van der Waals surface area contributed by atoms with Gasteiger partial charge in [0.05, 0.1) is 37.1 Å². The molecule has 38 heavy (non-hydrogen) atoms. The molecule has 3 N–H and O–H groups in total. The maximum Gasteiger partial charge on any atom is 0.404 e. The van der Waals surface area contributed by atoms with Crippen LogP contribution >= 0.6 is 0 Å². The molecule has 3 amide bonds. The van der Waals surface area contributed by atoms with Crippen LogP contribution in [0, 0.1) is 17.5 Å². The van der Waals surface area contributed by atoms with E-state index in [1.54, 1.807) is 0 Å². The lowest BCUT2D eigenvalue weighted by atomic mass is 9.95. The third-order valence-corrected chi connectivity index (χ3v) is 5.86. The Balaban J connectivity index is 1.67. The van der Waals surface area contributed by atoms with Gasteiger partial charge in [0.25, 0.3) is 6.43 Å². The maximum absolute atomic E-state index is 14.3. The summed E-state index contributed by atoms with van der Waals surface area (Å²) in [6, 6.07) is 2.93. The van der Waals surface area contributed by atoms with Crippen LogP contribution in [-0.4, -0.2) is 53.9 Å². The minimum atomic E-state index is -3.09. The summed E-state index contributed by atoms with van der Waals surface area (Å²) < 4.78 is 79.3. The smallest absolute Gasteiger partial charge is 0.404 e. The standard InChI is InChI=1S/C24H21F5N4O5/c1-33(23(34)31-11-2-3-15(25)14(6-11)21(28)29)19-10-37-9-18-20(19)12-7-16(26)17(27)8-13(12)22(32-18)38-5-4-30-24(35)36/h2-3,6-8,19,21,30H,4-5,9-10H2,1H3,(H,31,34)(H,35,36)/t19-/m1/s1. The molecular formula is C24H21F5N4O5. The van der Waals surface area contributed by atoms with Gasteiger partial charge in [0.1, 0.15) is 12.4 Å². The monoisotopic (exact) mass is 540 g/mol. The summed E-state index contributed by atoms with van der Waals surface area (Å²) in [5.74, 6) is -3.54. The van der Waals surface area contributed by atoms with Gasteiger partial charge in [0, 0.05) is 23.7 Å². The summed E-state index contributed by atoms with van der Waals surface area (Å²) in [6.07, 6.45) is -4.36. The number of amides is 3. The second-order valence-electron chi connectivity index (χ2n) is 8.28. The number of nitrogens with zero attached hydrogens (tertiary/aromatic N) is 2. The average Bonchev–Trinajstić information content (AvgIpc) is 2.87. The Morgan fingerprint density at radius 3 is 2.55 bits per heavy atom. The molecular weight excluding hydrogens is 519 g/mol. The van der Waals surface area contributed by atoms with Crippen molar-refractivity contribution in [3.05, 3.63) is 64.6 Å². The molecule has 0 bridgehead atoms. The number of benzene rings is 2. The van der Waals surface area contributed by atoms with E-state index in [1.165, 1.54) is 11.9 Å². The van der Waals surface area contributed by atoms with Gasteiger partial charge in [-0.05, 0) is 35.7 Å². The van der Waals surface area contributed by atoms with Crippen molar-refractivity contribution in [1.29, 1.82) is 0 Å². The predicted octanol–water partition coefficient (Wildman–Crippen LogP) is 4.97. The number of fused-ring (bicyclic) bond motifs is 3. The van der Waals surface area contributed by atoms with Crippen molar-refractivity contribution in [1.82, 2.24) is 15.2 Å². The summed E-state index contributed by atoms with van der Waals surface area (Å²) in [5, 5.41) is 13.5. The number of carbonyl (C=O) groups is 2. The van der Waals surface area contributed by atoms with Gasteiger partial charge in [-0.15, -0.1) is 0 Å². The molecule has 9 nitrogen and oxygen atoms in total. The molecule has 0 spiro atoms. The average molecular weight is 540 g/mol. The van der Waals surface area contributed by atoms with E-state index in [2.05, 4.69) is 15.6 Å². The van der Waals surface area contributed by atoms with E-state index in [4.69, 9.17) is 14.6 Å². The summed E-state index contributed by atoms with van der Waals surface area (Å²) in [5.41, 5.74) is -0.338. The number of nitrogens with one attached hydrogen (secondary N) is 2. The molecule has 0 saturated heterocycles. The van der Waals surface area contributed by atoms with Gasteiger partial charge in [-0.2, -0.15) is 0 Å². The van der Waals surface area contributed by atoms with Gasteiger partial charge < -0.3 is 30.1 Å². The molecule has 0 unspecified atom stereocenters. The van der Waals surface area contributed by atoms with Crippen LogP contribution in [0.3, 0.4) is 0 Å². The van der Waals surface area contributed by atoms with E-state index >= 15 is 0 Å². The van der Waals surface area contributed by atoms with Crippen molar-refractivity contribution < 1.29 is 46.1 Å². The molecule has 1 atom stereocenters. The number of carbonyl (C=O) groups excluding carboxylic acids is 1. The molecule has 1 aromatic heterocycles. The Morgan fingerprint density at radius 2 is 1.87 bits per heavy atom. The molecule has 3 aromatic rings. The lowest BCUT2D eigenvalue weighted by molar-refractivity contribution is 0.0524. The van der Waals surface area contributed by atoms with Gasteiger partial charge >= 0.3 is 12.1 Å². The molecule has 1 aliphatic rings. The minimum absolute atomic E-state index is 0.0460. The number of likely N-dealkylation sites (N-methyl/N-ethyl adjacent to an activating group) is 1. The summed E-state index contributed by atoms with van der Waals surface area (Å²) >= 11 is 0. The van der Waals surface area contributed by atoms with Crippen LogP contribution in [0.1, 0.15) is 29.3 Å². The van der Waals surface area contributed by atoms with Crippen molar-refractivity contribution in [3.63, 3.8) is 0 Å². The maximum atomic E-state index is 14.3. The van der Waals surface area contributed by atoms with Crippen LogP contribution in [0.5, 0.6) is 5.88 Å². The number of ether oxygens (including phenoxy) is 2. The minimum Gasteiger partial charge on any atom is -0.475 e. The molecule has 2 heterocycles. The molecule has 0 fully saturated rings. The third-order valence-electron chi connectivity index (χ3n) is 5.86. The van der Waals surface area contributed by atoms with Gasteiger partial charge in [0.15, 0.2) is 11.6 Å². The molecule has 0 radical (unpaired) electrons. The van der Waals surface area contributed by atoms with E-state index in [0.717, 1.165) is 30.3 Å². The van der Waals surface area contributed by atoms with Gasteiger partial charge in [-0.1, -0.05) is 0 Å². The Hall–Kier alpha value is -4.20. The van der Waals surface area contributed by atoms with Crippen molar-refractivity contribution in [3.8, 4) is 5.88 Å². The Kier molecular flexibility index (Phi) is 7.80. The van der Waals surface area contributed by atoms with Crippen LogP contribution < -0.4 is 15.4 Å². The summed E-state index contributed by atoms with van der Waals surface area (Å²) in [6.45, 7) is -0.355. The second kappa shape index (κ2) is 11.0. The Morgan fingerprint density at radius 1 is 1.16 bits per heavy atom. The molecule has 14 heteroatoms. The first-order valence-corrected chi connectivity index (χ1v) is 11.2. The van der Waals surface area contributed by atoms with E-state index in [1.807, 2.05) is 0 Å². The van der Waals surface area contributed by atoms with Gasteiger partial charge in [0.2, 0.25) is 5.88 Å². The fourth-order valence-corrected chi connectivity index (χ4v) is 4.04. The Bertz CT molecular complexity index is 1390. The van der Waals surface area contributed by atoms with Crippen molar-refractivity contribution in [2.75, 3.05) is 32.1 Å². The van der Waals surface area contributed by atoms with Crippen LogP contribution in [0.2, 0.25) is 0 Å². The van der Waals surface area contributed by atoms with Crippen LogP contribution in [0.15, 0.2) is 30.3 Å². The first-order valence-electron chi connectivity index (χ1n) is 11.2. The zero-order chi connectivity index (χ0) is 27.6. The zero-order valence-electron chi connectivity index (χ0n) is 19.7. The number of pyridine rings is 1. The fraction of sp³-hybridized carbons (Fsp3) is 0.292. The van der Waals surface area contributed by atoms with Gasteiger partial charge in [-0.25, -0.2) is 36.5 Å². The fourth-order valence-electron chi connectivity index (χ4n) is 4.04. The number of carboxylic acid groups (broad SMARTS) is 1. The predicted molar refractivity (Wildman–Crippen MR) is 124 cm³/mol. The van der Waals surface area contributed by atoms with Gasteiger partial charge in [-0.3, -0.25) is 0 Å². The molecule has 0 aliphatic carbocycles. The quantitative estimate of drug-likeness (QED) is 0.288. The number of anilines is 1. The first kappa shape index (κ1) is 26.9. The van der Waals surface area contributed by atoms with Crippen molar-refractivity contribution >= 4 is 28.6 Å². The molecule has 4 rings (SSSR count). The normalized spacial score (nSPS) is 14.8. The number of rotatable bonds is 7. The highest BCUT2D eigenvalue weighted by Crippen LogP contribution is 2.39. The molecule has 2 aromatic carbocycles. The van der Waals surface area contributed by atoms with Crippen LogP contribution in [0.4, 0.5) is 37.2 Å². The number of aromatic nitrogens is 1. The first-order chi connectivity index (χ1) is 18.1. The number of alkyl halides is 2. The molecule has 202 valence electrons. The Labute approximate surface area is 212 Å². The van der Waals surface area contributed by atoms with Crippen LogP contribution in [-0.2, 0) is 11.3 Å². The van der Waals surface area contributed by atoms with Crippen molar-refractivity contribution in [2.24, 2.45) is 0 Å². The number of hydrogen-bond acceptors (Lipinski definition) is 5. The highest BCUT2D eigenvalue weighted by atomic mass is 19.3. The molecule has 0 saturated carbocycles. The van der Waals surface area contributed by atoms with E-state index in [0.29, 0.717) is 5.56 Å². The van der Waals surface area contributed by atoms with Crippen LogP contribution in [0.25, 0.3) is 10.8 Å². The summed E-state index contributed by atoms with van der Waals surface area (Å²) in [7, 11) is 1.38. The largest absolute Gasteiger partial charge is 0.475 e. The SMILES string of the molecule is CN(C(=O)Nc1ccc(F)c(C(F)F)c1)[C@@H]1COCc2nc(OCCNC(=O)O)c3cc(F)c(F)cc3c21. The van der Waals surface area contributed by atoms with E-state index < -0.39 is 47.6 Å². The number of hydrogen-bond donors (Lipinski definition) is 3. The third kappa shape index (κ3) is 5.54. The highest BCUT2D eigenvalue weighted by Gasteiger charge is 2.32. The van der Waals surface area contributed by atoms with E-state index in [-0.39, 0.29) is 54.4 Å². The number of halogens is 5. The lowest BCUT2D eigenvalue weighted by Gasteiger charge is -2.34. The topological polar surface area (TPSA) is 113 Å². The summed E-state index contributed by atoms with van der Waals surface area (Å²) in [4.78, 5) is 29.2. The lowest BCUT2D eigenvalue weighted by Crippen LogP contribution is -2.39.